The number of aliphatic hydroxyl groups excluding tert-OH is 1. The average Bonchev–Trinajstić information content (AvgIpc) is 2.14. The quantitative estimate of drug-likeness (QED) is 0.746. The van der Waals surface area contributed by atoms with Gasteiger partial charge < -0.3 is 9.84 Å². The molecule has 1 aliphatic carbocycles. The molecule has 82 valence electrons. The lowest BCUT2D eigenvalue weighted by Gasteiger charge is -2.41. The number of hydrogen-bond acceptors (Lipinski definition) is 2. The predicted molar refractivity (Wildman–Crippen MR) is 47.2 cm³/mol. The summed E-state index contributed by atoms with van der Waals surface area (Å²) in [7, 11) is 0. The minimum atomic E-state index is -2.52. The topological polar surface area (TPSA) is 29.5 Å². The van der Waals surface area contributed by atoms with Crippen LogP contribution in [0.25, 0.3) is 0 Å². The minimum absolute atomic E-state index is 0.133. The maximum absolute atomic E-state index is 12.6. The normalized spacial score (nSPS) is 31.1. The lowest BCUT2D eigenvalue weighted by molar-refractivity contribution is -0.156. The number of alkyl halides is 2. The Kier molecular flexibility index (Phi) is 2.75. The molecule has 14 heavy (non-hydrogen) atoms. The number of ether oxygens (including phenoxy) is 1. The summed E-state index contributed by atoms with van der Waals surface area (Å²) < 4.78 is 30.3. The van der Waals surface area contributed by atoms with Gasteiger partial charge in [-0.25, -0.2) is 8.78 Å². The second-order valence-corrected chi connectivity index (χ2v) is 4.46. The third kappa shape index (κ3) is 2.06. The lowest BCUT2D eigenvalue weighted by atomic mass is 9.72. The molecule has 0 aromatic heterocycles. The van der Waals surface area contributed by atoms with Crippen molar-refractivity contribution >= 4 is 0 Å². The van der Waals surface area contributed by atoms with Gasteiger partial charge in [0.25, 0.3) is 0 Å². The van der Waals surface area contributed by atoms with Crippen molar-refractivity contribution in [3.05, 3.63) is 0 Å². The van der Waals surface area contributed by atoms with Crippen LogP contribution in [-0.4, -0.2) is 30.3 Å². The van der Waals surface area contributed by atoms with Crippen LogP contribution in [0.5, 0.6) is 0 Å². The van der Waals surface area contributed by atoms with E-state index in [0.29, 0.717) is 13.2 Å². The summed E-state index contributed by atoms with van der Waals surface area (Å²) in [6, 6.07) is 0. The SMILES string of the molecule is OC(C1CCOCC1)C1CC(F)(F)C1. The maximum Gasteiger partial charge on any atom is 0.248 e. The highest BCUT2D eigenvalue weighted by Gasteiger charge is 2.49. The van der Waals surface area contributed by atoms with Gasteiger partial charge in [-0.15, -0.1) is 0 Å². The van der Waals surface area contributed by atoms with Gasteiger partial charge in [-0.2, -0.15) is 0 Å². The summed E-state index contributed by atoms with van der Waals surface area (Å²) in [5, 5.41) is 9.84. The molecule has 2 fully saturated rings. The van der Waals surface area contributed by atoms with Crippen LogP contribution >= 0.6 is 0 Å². The second kappa shape index (κ2) is 3.74. The molecule has 2 aliphatic rings. The first-order valence-corrected chi connectivity index (χ1v) is 5.22. The van der Waals surface area contributed by atoms with Crippen LogP contribution in [0, 0.1) is 11.8 Å². The standard InChI is InChI=1S/C10H16F2O2/c11-10(12)5-8(6-10)9(13)7-1-3-14-4-2-7/h7-9,13H,1-6H2. The molecule has 1 unspecified atom stereocenters. The molecule has 2 nitrogen and oxygen atoms in total. The molecule has 0 amide bonds. The molecule has 1 atom stereocenters. The summed E-state index contributed by atoms with van der Waals surface area (Å²) in [5.74, 6) is -2.53. The van der Waals surface area contributed by atoms with E-state index in [1.165, 1.54) is 0 Å². The van der Waals surface area contributed by atoms with Gasteiger partial charge in [-0.1, -0.05) is 0 Å². The van der Waals surface area contributed by atoms with E-state index in [1.54, 1.807) is 0 Å². The Labute approximate surface area is 82.3 Å². The van der Waals surface area contributed by atoms with E-state index in [4.69, 9.17) is 4.74 Å². The zero-order valence-corrected chi connectivity index (χ0v) is 8.09. The molecule has 0 spiro atoms. The van der Waals surface area contributed by atoms with Crippen LogP contribution in [-0.2, 0) is 4.74 Å². The maximum atomic E-state index is 12.6. The van der Waals surface area contributed by atoms with E-state index in [9.17, 15) is 13.9 Å². The Morgan fingerprint density at radius 2 is 1.71 bits per heavy atom. The van der Waals surface area contributed by atoms with Gasteiger partial charge in [-0.3, -0.25) is 0 Å². The van der Waals surface area contributed by atoms with Crippen molar-refractivity contribution in [3.8, 4) is 0 Å². The second-order valence-electron chi connectivity index (χ2n) is 4.46. The molecule has 0 radical (unpaired) electrons. The Balaban J connectivity index is 1.80. The summed E-state index contributed by atoms with van der Waals surface area (Å²) in [5.41, 5.74) is 0. The van der Waals surface area contributed by atoms with Crippen LogP contribution < -0.4 is 0 Å². The largest absolute Gasteiger partial charge is 0.393 e. The van der Waals surface area contributed by atoms with E-state index in [-0.39, 0.29) is 24.7 Å². The lowest BCUT2D eigenvalue weighted by Crippen LogP contribution is -2.45. The molecule has 0 bridgehead atoms. The first kappa shape index (κ1) is 10.3. The molecule has 0 aromatic rings. The van der Waals surface area contributed by atoms with Gasteiger partial charge in [0.05, 0.1) is 6.10 Å². The van der Waals surface area contributed by atoms with Crippen molar-refractivity contribution in [1.82, 2.24) is 0 Å². The monoisotopic (exact) mass is 206 g/mol. The van der Waals surface area contributed by atoms with E-state index < -0.39 is 12.0 Å². The van der Waals surface area contributed by atoms with E-state index in [0.717, 1.165) is 12.8 Å². The number of aliphatic hydroxyl groups is 1. The van der Waals surface area contributed by atoms with E-state index in [2.05, 4.69) is 0 Å². The van der Waals surface area contributed by atoms with Crippen molar-refractivity contribution < 1.29 is 18.6 Å². The molecule has 4 heteroatoms. The average molecular weight is 206 g/mol. The molecule has 1 aliphatic heterocycles. The zero-order chi connectivity index (χ0) is 10.2. The highest BCUT2D eigenvalue weighted by atomic mass is 19.3. The van der Waals surface area contributed by atoms with Crippen molar-refractivity contribution in [1.29, 1.82) is 0 Å². The van der Waals surface area contributed by atoms with Crippen LogP contribution in [0.2, 0.25) is 0 Å². The molecule has 1 heterocycles. The smallest absolute Gasteiger partial charge is 0.248 e. The van der Waals surface area contributed by atoms with Gasteiger partial charge in [0.15, 0.2) is 0 Å². The molecule has 2 rings (SSSR count). The van der Waals surface area contributed by atoms with Gasteiger partial charge >= 0.3 is 0 Å². The highest BCUT2D eigenvalue weighted by molar-refractivity contribution is 4.92. The molecular weight excluding hydrogens is 190 g/mol. The fourth-order valence-electron chi connectivity index (χ4n) is 2.39. The van der Waals surface area contributed by atoms with E-state index >= 15 is 0 Å². The van der Waals surface area contributed by atoms with Crippen molar-refractivity contribution in [2.75, 3.05) is 13.2 Å². The minimum Gasteiger partial charge on any atom is -0.393 e. The number of hydrogen-bond donors (Lipinski definition) is 1. The van der Waals surface area contributed by atoms with Crippen molar-refractivity contribution in [2.24, 2.45) is 11.8 Å². The molecule has 0 aromatic carbocycles. The highest BCUT2D eigenvalue weighted by Crippen LogP contribution is 2.46. The molecule has 1 saturated heterocycles. The summed E-state index contributed by atoms with van der Waals surface area (Å²) in [6.45, 7) is 1.32. The van der Waals surface area contributed by atoms with Gasteiger partial charge in [0.1, 0.15) is 0 Å². The first-order valence-electron chi connectivity index (χ1n) is 5.22. The summed E-state index contributed by atoms with van der Waals surface area (Å²) in [4.78, 5) is 0. The van der Waals surface area contributed by atoms with Gasteiger partial charge in [-0.05, 0) is 24.7 Å². The first-order chi connectivity index (χ1) is 6.58. The number of halogens is 2. The molecule has 1 saturated carbocycles. The molecular formula is C10H16F2O2. The third-order valence-electron chi connectivity index (χ3n) is 3.35. The van der Waals surface area contributed by atoms with E-state index in [1.807, 2.05) is 0 Å². The fourth-order valence-corrected chi connectivity index (χ4v) is 2.39. The Morgan fingerprint density at radius 3 is 2.21 bits per heavy atom. The predicted octanol–water partition coefficient (Wildman–Crippen LogP) is 1.82. The zero-order valence-electron chi connectivity index (χ0n) is 8.09. The van der Waals surface area contributed by atoms with Crippen LogP contribution in [0.15, 0.2) is 0 Å². The van der Waals surface area contributed by atoms with Crippen LogP contribution in [0.4, 0.5) is 8.78 Å². The summed E-state index contributed by atoms with van der Waals surface area (Å²) in [6.07, 6.45) is 0.808. The molecule has 1 N–H and O–H groups in total. The van der Waals surface area contributed by atoms with Crippen LogP contribution in [0.1, 0.15) is 25.7 Å². The van der Waals surface area contributed by atoms with Crippen molar-refractivity contribution in [3.63, 3.8) is 0 Å². The van der Waals surface area contributed by atoms with Gasteiger partial charge in [0.2, 0.25) is 5.92 Å². The Morgan fingerprint density at radius 1 is 1.14 bits per heavy atom. The third-order valence-corrected chi connectivity index (χ3v) is 3.35. The van der Waals surface area contributed by atoms with Crippen molar-refractivity contribution in [2.45, 2.75) is 37.7 Å². The van der Waals surface area contributed by atoms with Crippen LogP contribution in [0.3, 0.4) is 0 Å². The number of rotatable bonds is 2. The summed E-state index contributed by atoms with van der Waals surface area (Å²) >= 11 is 0. The van der Waals surface area contributed by atoms with Gasteiger partial charge in [0, 0.05) is 26.1 Å². The Hall–Kier alpha value is -0.220. The Bertz CT molecular complexity index is 194. The fraction of sp³-hybridized carbons (Fsp3) is 1.00.